The van der Waals surface area contributed by atoms with E-state index in [0.29, 0.717) is 0 Å². The Morgan fingerprint density at radius 1 is 1.14 bits per heavy atom. The lowest BCUT2D eigenvalue weighted by Gasteiger charge is -2.32. The number of hydrogen-bond acceptors (Lipinski definition) is 2. The van der Waals surface area contributed by atoms with Gasteiger partial charge >= 0.3 is 0 Å². The molecule has 2 rings (SSSR count). The summed E-state index contributed by atoms with van der Waals surface area (Å²) in [6.45, 7) is 2.87. The first kappa shape index (κ1) is 16.5. The lowest BCUT2D eigenvalue weighted by atomic mass is 9.99. The highest BCUT2D eigenvalue weighted by Gasteiger charge is 2.23. The van der Waals surface area contributed by atoms with Gasteiger partial charge in [-0.3, -0.25) is 4.90 Å². The molecule has 2 atom stereocenters. The van der Waals surface area contributed by atoms with Crippen LogP contribution < -0.4 is 5.73 Å². The van der Waals surface area contributed by atoms with E-state index in [-0.39, 0.29) is 12.1 Å². The Kier molecular flexibility index (Phi) is 5.82. The van der Waals surface area contributed by atoms with Gasteiger partial charge < -0.3 is 5.73 Å². The molecule has 0 fully saturated rings. The van der Waals surface area contributed by atoms with Gasteiger partial charge in [-0.25, -0.2) is 0 Å². The lowest BCUT2D eigenvalue weighted by molar-refractivity contribution is 0.210. The standard InChI is InChI=1S/C17H20BrClN2/c1-12(20)17(15-5-3-4-6-16(15)18)21(2)11-13-7-9-14(19)10-8-13/h3-10,12,17H,11,20H2,1-2H3. The predicted molar refractivity (Wildman–Crippen MR) is 93.5 cm³/mol. The van der Waals surface area contributed by atoms with Crippen LogP contribution in [0.2, 0.25) is 5.02 Å². The fraction of sp³-hybridized carbons (Fsp3) is 0.294. The van der Waals surface area contributed by atoms with E-state index >= 15 is 0 Å². The summed E-state index contributed by atoms with van der Waals surface area (Å²) in [6, 6.07) is 16.4. The number of halogens is 2. The maximum Gasteiger partial charge on any atom is 0.0508 e. The van der Waals surface area contributed by atoms with Crippen LogP contribution in [0.1, 0.15) is 24.1 Å². The summed E-state index contributed by atoms with van der Waals surface area (Å²) in [7, 11) is 2.10. The molecule has 0 bridgehead atoms. The van der Waals surface area contributed by atoms with Gasteiger partial charge in [-0.15, -0.1) is 0 Å². The summed E-state index contributed by atoms with van der Waals surface area (Å²) in [5, 5.41) is 0.760. The van der Waals surface area contributed by atoms with Crippen molar-refractivity contribution in [3.63, 3.8) is 0 Å². The van der Waals surface area contributed by atoms with Gasteiger partial charge in [0.05, 0.1) is 6.04 Å². The molecule has 4 heteroatoms. The molecule has 112 valence electrons. The van der Waals surface area contributed by atoms with Crippen molar-refractivity contribution in [1.29, 1.82) is 0 Å². The molecule has 0 radical (unpaired) electrons. The molecule has 0 aliphatic rings. The van der Waals surface area contributed by atoms with Crippen molar-refractivity contribution in [2.24, 2.45) is 5.73 Å². The zero-order valence-corrected chi connectivity index (χ0v) is 14.6. The van der Waals surface area contributed by atoms with Gasteiger partial charge in [0.25, 0.3) is 0 Å². The van der Waals surface area contributed by atoms with Gasteiger partial charge in [-0.1, -0.05) is 57.9 Å². The second kappa shape index (κ2) is 7.41. The van der Waals surface area contributed by atoms with Crippen molar-refractivity contribution in [2.75, 3.05) is 7.05 Å². The average molecular weight is 368 g/mol. The van der Waals surface area contributed by atoms with Crippen molar-refractivity contribution < 1.29 is 0 Å². The molecule has 2 aromatic rings. The summed E-state index contributed by atoms with van der Waals surface area (Å²) in [5.74, 6) is 0. The third-order valence-electron chi connectivity index (χ3n) is 3.54. The topological polar surface area (TPSA) is 29.3 Å². The highest BCUT2D eigenvalue weighted by atomic mass is 79.9. The number of nitrogens with zero attached hydrogens (tertiary/aromatic N) is 1. The van der Waals surface area contributed by atoms with Crippen LogP contribution in [0.3, 0.4) is 0 Å². The van der Waals surface area contributed by atoms with E-state index < -0.39 is 0 Å². The Balaban J connectivity index is 2.22. The van der Waals surface area contributed by atoms with E-state index in [2.05, 4.69) is 52.1 Å². The van der Waals surface area contributed by atoms with Crippen molar-refractivity contribution in [2.45, 2.75) is 25.6 Å². The highest BCUT2D eigenvalue weighted by Crippen LogP contribution is 2.30. The van der Waals surface area contributed by atoms with Crippen LogP contribution in [-0.4, -0.2) is 18.0 Å². The summed E-state index contributed by atoms with van der Waals surface area (Å²) in [6.07, 6.45) is 0. The molecule has 0 amide bonds. The zero-order valence-electron chi connectivity index (χ0n) is 12.3. The molecule has 2 unspecified atom stereocenters. The summed E-state index contributed by atoms with van der Waals surface area (Å²) in [5.41, 5.74) is 8.67. The molecule has 0 spiro atoms. The van der Waals surface area contributed by atoms with Crippen molar-refractivity contribution in [3.8, 4) is 0 Å². The Hall–Kier alpha value is -0.870. The lowest BCUT2D eigenvalue weighted by Crippen LogP contribution is -2.37. The van der Waals surface area contributed by atoms with E-state index in [9.17, 15) is 0 Å². The van der Waals surface area contributed by atoms with Gasteiger partial charge in [0.15, 0.2) is 0 Å². The van der Waals surface area contributed by atoms with E-state index in [4.69, 9.17) is 17.3 Å². The minimum absolute atomic E-state index is 0.0287. The van der Waals surface area contributed by atoms with Gasteiger partial charge in [0.2, 0.25) is 0 Å². The van der Waals surface area contributed by atoms with Crippen LogP contribution in [0.5, 0.6) is 0 Å². The third-order valence-corrected chi connectivity index (χ3v) is 4.52. The first-order chi connectivity index (χ1) is 9.99. The van der Waals surface area contributed by atoms with Crippen LogP contribution in [0.15, 0.2) is 53.0 Å². The molecule has 21 heavy (non-hydrogen) atoms. The van der Waals surface area contributed by atoms with Gasteiger partial charge in [-0.2, -0.15) is 0 Å². The molecule has 0 aliphatic carbocycles. The van der Waals surface area contributed by atoms with E-state index in [0.717, 1.165) is 16.0 Å². The zero-order chi connectivity index (χ0) is 15.4. The first-order valence-corrected chi connectivity index (χ1v) is 8.11. The Morgan fingerprint density at radius 2 is 1.76 bits per heavy atom. The molecular weight excluding hydrogens is 348 g/mol. The van der Waals surface area contributed by atoms with Crippen LogP contribution in [0, 0.1) is 0 Å². The van der Waals surface area contributed by atoms with Crippen molar-refractivity contribution >= 4 is 27.5 Å². The Labute approximate surface area is 140 Å². The fourth-order valence-corrected chi connectivity index (χ4v) is 3.26. The number of nitrogens with two attached hydrogens (primary N) is 1. The largest absolute Gasteiger partial charge is 0.326 e. The predicted octanol–water partition coefficient (Wildman–Crippen LogP) is 4.62. The highest BCUT2D eigenvalue weighted by molar-refractivity contribution is 9.10. The quantitative estimate of drug-likeness (QED) is 0.835. The Morgan fingerprint density at radius 3 is 2.33 bits per heavy atom. The smallest absolute Gasteiger partial charge is 0.0508 e. The molecule has 2 nitrogen and oxygen atoms in total. The SMILES string of the molecule is CC(N)C(c1ccccc1Br)N(C)Cc1ccc(Cl)cc1. The second-order valence-electron chi connectivity index (χ2n) is 5.37. The monoisotopic (exact) mass is 366 g/mol. The van der Waals surface area contributed by atoms with E-state index in [1.54, 1.807) is 0 Å². The minimum atomic E-state index is 0.0287. The summed E-state index contributed by atoms with van der Waals surface area (Å²) < 4.78 is 1.09. The van der Waals surface area contributed by atoms with Crippen LogP contribution in [0.25, 0.3) is 0 Å². The maximum absolute atomic E-state index is 6.23. The molecule has 0 heterocycles. The molecule has 0 saturated carbocycles. The molecular formula is C17H20BrClN2. The van der Waals surface area contributed by atoms with Gasteiger partial charge in [0.1, 0.15) is 0 Å². The molecule has 2 aromatic carbocycles. The van der Waals surface area contributed by atoms with Gasteiger partial charge in [0, 0.05) is 22.1 Å². The number of likely N-dealkylation sites (N-methyl/N-ethyl adjacent to an activating group) is 1. The Bertz CT molecular complexity index is 584. The minimum Gasteiger partial charge on any atom is -0.326 e. The molecule has 0 aliphatic heterocycles. The van der Waals surface area contributed by atoms with Crippen LogP contribution in [0.4, 0.5) is 0 Å². The molecule has 0 aromatic heterocycles. The van der Waals surface area contributed by atoms with Crippen LogP contribution in [-0.2, 0) is 6.54 Å². The van der Waals surface area contributed by atoms with Crippen LogP contribution >= 0.6 is 27.5 Å². The second-order valence-corrected chi connectivity index (χ2v) is 6.66. The van der Waals surface area contributed by atoms with Gasteiger partial charge in [-0.05, 0) is 43.3 Å². The van der Waals surface area contributed by atoms with Crippen molar-refractivity contribution in [1.82, 2.24) is 4.90 Å². The number of rotatable bonds is 5. The maximum atomic E-state index is 6.23. The number of benzene rings is 2. The van der Waals surface area contributed by atoms with E-state index in [1.165, 1.54) is 11.1 Å². The molecule has 2 N–H and O–H groups in total. The summed E-state index contributed by atoms with van der Waals surface area (Å²) >= 11 is 9.57. The fourth-order valence-electron chi connectivity index (χ4n) is 2.61. The first-order valence-electron chi connectivity index (χ1n) is 6.93. The molecule has 0 saturated heterocycles. The average Bonchev–Trinajstić information content (AvgIpc) is 2.43. The number of hydrogen-bond donors (Lipinski definition) is 1. The normalized spacial score (nSPS) is 14.2. The van der Waals surface area contributed by atoms with Crippen molar-refractivity contribution in [3.05, 3.63) is 69.2 Å². The third kappa shape index (κ3) is 4.30. The summed E-state index contributed by atoms with van der Waals surface area (Å²) in [4.78, 5) is 2.27. The van der Waals surface area contributed by atoms with E-state index in [1.807, 2.05) is 31.2 Å².